The van der Waals surface area contributed by atoms with E-state index in [1.165, 1.54) is 0 Å². The van der Waals surface area contributed by atoms with E-state index in [4.69, 9.17) is 14.2 Å². The van der Waals surface area contributed by atoms with E-state index in [2.05, 4.69) is 26.2 Å². The first kappa shape index (κ1) is 18.5. The summed E-state index contributed by atoms with van der Waals surface area (Å²) < 4.78 is 17.8. The van der Waals surface area contributed by atoms with Gasteiger partial charge >= 0.3 is 0 Å². The fourth-order valence-electron chi connectivity index (χ4n) is 2.13. The van der Waals surface area contributed by atoms with Crippen molar-refractivity contribution in [2.45, 2.75) is 20.4 Å². The molecule has 0 aliphatic carbocycles. The minimum Gasteiger partial charge on any atom is -0.490 e. The van der Waals surface area contributed by atoms with E-state index in [0.29, 0.717) is 32.2 Å². The van der Waals surface area contributed by atoms with Crippen molar-refractivity contribution in [2.24, 2.45) is 0 Å². The van der Waals surface area contributed by atoms with Gasteiger partial charge in [-0.25, -0.2) is 4.98 Å². The summed E-state index contributed by atoms with van der Waals surface area (Å²) in [5, 5.41) is 3.35. The van der Waals surface area contributed by atoms with Crippen LogP contribution in [-0.4, -0.2) is 31.3 Å². The summed E-state index contributed by atoms with van der Waals surface area (Å²) in [5.74, 6) is 2.16. The van der Waals surface area contributed by atoms with E-state index < -0.39 is 0 Å². The molecule has 0 saturated heterocycles. The van der Waals surface area contributed by atoms with Gasteiger partial charge in [-0.15, -0.1) is 0 Å². The van der Waals surface area contributed by atoms with Crippen molar-refractivity contribution in [3.05, 3.63) is 46.6 Å². The van der Waals surface area contributed by atoms with Crippen LogP contribution in [0.4, 0.5) is 0 Å². The monoisotopic (exact) mass is 394 g/mol. The van der Waals surface area contributed by atoms with Gasteiger partial charge in [-0.1, -0.05) is 22.0 Å². The number of pyridine rings is 1. The summed E-state index contributed by atoms with van der Waals surface area (Å²) in [6, 6.07) is 9.57. The molecule has 1 aromatic heterocycles. The lowest BCUT2D eigenvalue weighted by molar-refractivity contribution is 0.287. The Morgan fingerprint density at radius 2 is 1.79 bits per heavy atom. The zero-order valence-corrected chi connectivity index (χ0v) is 15.6. The van der Waals surface area contributed by atoms with Gasteiger partial charge in [0.15, 0.2) is 11.5 Å². The maximum atomic E-state index is 5.66. The fourth-order valence-corrected chi connectivity index (χ4v) is 2.60. The van der Waals surface area contributed by atoms with E-state index in [-0.39, 0.29) is 0 Å². The average molecular weight is 395 g/mol. The molecule has 0 radical (unpaired) electrons. The molecule has 0 fully saturated rings. The number of hydrogen-bond donors (Lipinski definition) is 1. The number of nitrogens with zero attached hydrogens (tertiary/aromatic N) is 1. The zero-order chi connectivity index (χ0) is 17.2. The quantitative estimate of drug-likeness (QED) is 0.620. The number of nitrogens with one attached hydrogen (secondary N) is 1. The van der Waals surface area contributed by atoms with Gasteiger partial charge in [-0.2, -0.15) is 0 Å². The van der Waals surface area contributed by atoms with Crippen LogP contribution in [-0.2, 0) is 6.54 Å². The van der Waals surface area contributed by atoms with E-state index in [1.807, 2.05) is 44.2 Å². The highest BCUT2D eigenvalue weighted by molar-refractivity contribution is 9.10. The predicted octanol–water partition coefficient (Wildman–Crippen LogP) is 3.81. The summed E-state index contributed by atoms with van der Waals surface area (Å²) in [6.07, 6.45) is 1.72. The lowest BCUT2D eigenvalue weighted by Gasteiger charge is -2.14. The zero-order valence-electron chi connectivity index (χ0n) is 14.0. The summed E-state index contributed by atoms with van der Waals surface area (Å²) in [6.45, 7) is 7.12. The van der Waals surface area contributed by atoms with Gasteiger partial charge in [0.05, 0.1) is 13.2 Å². The van der Waals surface area contributed by atoms with E-state index in [9.17, 15) is 0 Å². The van der Waals surface area contributed by atoms with Crippen LogP contribution >= 0.6 is 15.9 Å². The molecular weight excluding hydrogens is 372 g/mol. The number of hydrogen-bond acceptors (Lipinski definition) is 5. The molecule has 6 heteroatoms. The lowest BCUT2D eigenvalue weighted by atomic mass is 10.2. The number of ether oxygens (including phenoxy) is 3. The number of benzene rings is 1. The maximum absolute atomic E-state index is 5.66. The number of rotatable bonds is 10. The smallest absolute Gasteiger partial charge is 0.213 e. The van der Waals surface area contributed by atoms with Crippen LogP contribution < -0.4 is 19.5 Å². The summed E-state index contributed by atoms with van der Waals surface area (Å²) >= 11 is 3.59. The molecule has 0 saturated carbocycles. The van der Waals surface area contributed by atoms with Gasteiger partial charge in [-0.3, -0.25) is 0 Å². The molecule has 0 unspecified atom stereocenters. The van der Waals surface area contributed by atoms with Crippen molar-refractivity contribution in [1.29, 1.82) is 0 Å². The van der Waals surface area contributed by atoms with Gasteiger partial charge in [0.2, 0.25) is 5.88 Å². The van der Waals surface area contributed by atoms with Gasteiger partial charge < -0.3 is 19.5 Å². The minimum absolute atomic E-state index is 0.560. The second kappa shape index (κ2) is 10.2. The molecule has 0 atom stereocenters. The third-order valence-corrected chi connectivity index (χ3v) is 3.93. The van der Waals surface area contributed by atoms with E-state index >= 15 is 0 Å². The summed E-state index contributed by atoms with van der Waals surface area (Å²) in [4.78, 5) is 4.12. The largest absolute Gasteiger partial charge is 0.490 e. The summed E-state index contributed by atoms with van der Waals surface area (Å²) in [7, 11) is 0. The Labute approximate surface area is 151 Å². The fraction of sp³-hybridized carbons (Fsp3) is 0.389. The highest BCUT2D eigenvalue weighted by atomic mass is 79.9. The Kier molecular flexibility index (Phi) is 7.85. The maximum Gasteiger partial charge on any atom is 0.213 e. The molecule has 0 amide bonds. The van der Waals surface area contributed by atoms with Crippen molar-refractivity contribution in [1.82, 2.24) is 10.3 Å². The van der Waals surface area contributed by atoms with Crippen molar-refractivity contribution < 1.29 is 14.2 Å². The van der Waals surface area contributed by atoms with Crippen LogP contribution in [0.1, 0.15) is 19.4 Å². The summed E-state index contributed by atoms with van der Waals surface area (Å²) in [5.41, 5.74) is 1.11. The Balaban J connectivity index is 1.86. The minimum atomic E-state index is 0.560. The normalized spacial score (nSPS) is 10.5. The molecule has 2 rings (SSSR count). The van der Waals surface area contributed by atoms with Gasteiger partial charge in [0, 0.05) is 29.8 Å². The molecule has 1 heterocycles. The van der Waals surface area contributed by atoms with Gasteiger partial charge in [-0.05, 0) is 37.6 Å². The average Bonchev–Trinajstić information content (AvgIpc) is 2.59. The van der Waals surface area contributed by atoms with Crippen LogP contribution in [0, 0.1) is 0 Å². The van der Waals surface area contributed by atoms with E-state index in [0.717, 1.165) is 28.1 Å². The molecule has 24 heavy (non-hydrogen) atoms. The third kappa shape index (κ3) is 5.69. The second-order valence-corrected chi connectivity index (χ2v) is 5.80. The first-order chi connectivity index (χ1) is 11.7. The Morgan fingerprint density at radius 3 is 2.46 bits per heavy atom. The lowest BCUT2D eigenvalue weighted by Crippen LogP contribution is -2.21. The number of halogens is 1. The molecule has 0 bridgehead atoms. The molecular formula is C18H23BrN2O3. The van der Waals surface area contributed by atoms with Crippen LogP contribution in [0.2, 0.25) is 0 Å². The Hall–Kier alpha value is -1.79. The highest BCUT2D eigenvalue weighted by Crippen LogP contribution is 2.33. The van der Waals surface area contributed by atoms with Gasteiger partial charge in [0.25, 0.3) is 0 Å². The van der Waals surface area contributed by atoms with Gasteiger partial charge in [0.1, 0.15) is 6.61 Å². The van der Waals surface area contributed by atoms with Crippen LogP contribution in [0.15, 0.2) is 41.0 Å². The first-order valence-electron chi connectivity index (χ1n) is 8.07. The standard InChI is InChI=1S/C18H23BrN2O3/c1-3-22-16-11-14(15(19)12-17(16)23-4-2)13-20-9-10-24-18-7-5-6-8-21-18/h5-8,11-12,20H,3-4,9-10,13H2,1-2H3. The van der Waals surface area contributed by atoms with Crippen molar-refractivity contribution in [3.63, 3.8) is 0 Å². The molecule has 2 aromatic rings. The first-order valence-corrected chi connectivity index (χ1v) is 8.86. The molecule has 0 spiro atoms. The molecule has 1 N–H and O–H groups in total. The topological polar surface area (TPSA) is 52.6 Å². The van der Waals surface area contributed by atoms with Crippen LogP contribution in [0.3, 0.4) is 0 Å². The van der Waals surface area contributed by atoms with Crippen LogP contribution in [0.25, 0.3) is 0 Å². The number of aromatic nitrogens is 1. The molecule has 0 aliphatic rings. The predicted molar refractivity (Wildman–Crippen MR) is 97.9 cm³/mol. The molecule has 0 aliphatic heterocycles. The Bertz CT molecular complexity index is 623. The van der Waals surface area contributed by atoms with E-state index in [1.54, 1.807) is 6.20 Å². The SMILES string of the molecule is CCOc1cc(Br)c(CNCCOc2ccccn2)cc1OCC. The van der Waals surface area contributed by atoms with Crippen LogP contribution in [0.5, 0.6) is 17.4 Å². The van der Waals surface area contributed by atoms with Crippen molar-refractivity contribution in [2.75, 3.05) is 26.4 Å². The molecule has 5 nitrogen and oxygen atoms in total. The Morgan fingerprint density at radius 1 is 1.04 bits per heavy atom. The molecule has 130 valence electrons. The highest BCUT2D eigenvalue weighted by Gasteiger charge is 2.10. The molecule has 1 aromatic carbocycles. The second-order valence-electron chi connectivity index (χ2n) is 4.95. The van der Waals surface area contributed by atoms with Crippen molar-refractivity contribution >= 4 is 15.9 Å². The third-order valence-electron chi connectivity index (χ3n) is 3.19. The van der Waals surface area contributed by atoms with Crippen molar-refractivity contribution in [3.8, 4) is 17.4 Å².